The first-order valence-corrected chi connectivity index (χ1v) is 8.83. The number of aromatic nitrogens is 1. The summed E-state index contributed by atoms with van der Waals surface area (Å²) >= 11 is 1.67. The first-order chi connectivity index (χ1) is 10.1. The van der Waals surface area contributed by atoms with Gasteiger partial charge in [0.1, 0.15) is 0 Å². The Labute approximate surface area is 132 Å². The van der Waals surface area contributed by atoms with Crippen LogP contribution in [0.25, 0.3) is 0 Å². The molecule has 0 bridgehead atoms. The zero-order chi connectivity index (χ0) is 15.7. The summed E-state index contributed by atoms with van der Waals surface area (Å²) < 4.78 is 4.95. The number of rotatable bonds is 10. The van der Waals surface area contributed by atoms with E-state index in [1.54, 1.807) is 11.3 Å². The molecular weight excluding hydrogens is 284 g/mol. The Morgan fingerprint density at radius 1 is 1.38 bits per heavy atom. The van der Waals surface area contributed by atoms with Gasteiger partial charge in [0.25, 0.3) is 0 Å². The normalized spacial score (nSPS) is 10.9. The number of carbonyl (C=O) groups excluding carboxylic acids is 1. The summed E-state index contributed by atoms with van der Waals surface area (Å²) in [7, 11) is 0. The highest BCUT2D eigenvalue weighted by atomic mass is 32.1. The zero-order valence-electron chi connectivity index (χ0n) is 13.7. The third-order valence-electron chi connectivity index (χ3n) is 3.30. The molecule has 0 amide bonds. The summed E-state index contributed by atoms with van der Waals surface area (Å²) in [4.78, 5) is 18.4. The predicted molar refractivity (Wildman–Crippen MR) is 89.1 cm³/mol. The standard InChI is InChI=1S/C16H28N2O2S/c1-5-7-8-11-18(13(3)4)16-17-14(12-21-16)9-10-15(19)20-6-2/h12-13H,5-11H2,1-4H3. The highest BCUT2D eigenvalue weighted by Crippen LogP contribution is 2.24. The second-order valence-electron chi connectivity index (χ2n) is 5.42. The fraction of sp³-hybridized carbons (Fsp3) is 0.750. The summed E-state index contributed by atoms with van der Waals surface area (Å²) in [5.74, 6) is -0.143. The average molecular weight is 312 g/mol. The third kappa shape index (κ3) is 6.46. The molecule has 1 heterocycles. The minimum absolute atomic E-state index is 0.143. The Bertz CT molecular complexity index is 418. The number of carbonyl (C=O) groups is 1. The second-order valence-corrected chi connectivity index (χ2v) is 6.26. The van der Waals surface area contributed by atoms with E-state index >= 15 is 0 Å². The fourth-order valence-electron chi connectivity index (χ4n) is 2.11. The fourth-order valence-corrected chi connectivity index (χ4v) is 3.13. The van der Waals surface area contributed by atoms with Crippen molar-refractivity contribution in [3.8, 4) is 0 Å². The molecule has 120 valence electrons. The molecule has 0 fully saturated rings. The van der Waals surface area contributed by atoms with E-state index in [4.69, 9.17) is 4.74 Å². The summed E-state index contributed by atoms with van der Waals surface area (Å²) in [5.41, 5.74) is 0.990. The van der Waals surface area contributed by atoms with E-state index in [9.17, 15) is 4.79 Å². The summed E-state index contributed by atoms with van der Waals surface area (Å²) in [5, 5.41) is 3.13. The van der Waals surface area contributed by atoms with E-state index < -0.39 is 0 Å². The van der Waals surface area contributed by atoms with Gasteiger partial charge in [-0.25, -0.2) is 4.98 Å². The number of ether oxygens (including phenoxy) is 1. The van der Waals surface area contributed by atoms with Gasteiger partial charge in [0, 0.05) is 24.4 Å². The van der Waals surface area contributed by atoms with Gasteiger partial charge in [0.2, 0.25) is 0 Å². The lowest BCUT2D eigenvalue weighted by atomic mass is 10.2. The highest BCUT2D eigenvalue weighted by molar-refractivity contribution is 7.13. The Morgan fingerprint density at radius 3 is 2.76 bits per heavy atom. The van der Waals surface area contributed by atoms with Crippen LogP contribution in [0.2, 0.25) is 0 Å². The molecule has 0 spiro atoms. The highest BCUT2D eigenvalue weighted by Gasteiger charge is 2.14. The first kappa shape index (κ1) is 18.0. The van der Waals surface area contributed by atoms with Crippen molar-refractivity contribution in [2.45, 2.75) is 65.8 Å². The van der Waals surface area contributed by atoms with Crippen LogP contribution in [0.1, 0.15) is 59.1 Å². The summed E-state index contributed by atoms with van der Waals surface area (Å²) in [6, 6.07) is 0.450. The molecule has 0 atom stereocenters. The lowest BCUT2D eigenvalue weighted by Gasteiger charge is -2.26. The van der Waals surface area contributed by atoms with Crippen molar-refractivity contribution in [2.75, 3.05) is 18.1 Å². The largest absolute Gasteiger partial charge is 0.466 e. The molecule has 5 heteroatoms. The van der Waals surface area contributed by atoms with E-state index in [2.05, 4.69) is 36.0 Å². The summed E-state index contributed by atoms with van der Waals surface area (Å²) in [6.07, 6.45) is 4.76. The van der Waals surface area contributed by atoms with Gasteiger partial charge in [-0.1, -0.05) is 19.8 Å². The average Bonchev–Trinajstić information content (AvgIpc) is 2.90. The van der Waals surface area contributed by atoms with Crippen LogP contribution in [0.15, 0.2) is 5.38 Å². The van der Waals surface area contributed by atoms with Gasteiger partial charge in [-0.05, 0) is 27.2 Å². The molecule has 1 rings (SSSR count). The minimum Gasteiger partial charge on any atom is -0.466 e. The molecule has 1 aromatic rings. The minimum atomic E-state index is -0.143. The van der Waals surface area contributed by atoms with Gasteiger partial charge < -0.3 is 9.64 Å². The van der Waals surface area contributed by atoms with E-state index in [1.165, 1.54) is 19.3 Å². The number of aryl methyl sites for hydroxylation is 1. The van der Waals surface area contributed by atoms with E-state index in [1.807, 2.05) is 6.92 Å². The van der Waals surface area contributed by atoms with Crippen LogP contribution >= 0.6 is 11.3 Å². The SMILES string of the molecule is CCCCCN(c1nc(CCC(=O)OCC)cs1)C(C)C. The van der Waals surface area contributed by atoms with Crippen molar-refractivity contribution in [3.63, 3.8) is 0 Å². The van der Waals surface area contributed by atoms with Crippen LogP contribution in [0.4, 0.5) is 5.13 Å². The smallest absolute Gasteiger partial charge is 0.306 e. The van der Waals surface area contributed by atoms with Crippen LogP contribution in [0, 0.1) is 0 Å². The molecule has 21 heavy (non-hydrogen) atoms. The number of anilines is 1. The van der Waals surface area contributed by atoms with Crippen molar-refractivity contribution in [3.05, 3.63) is 11.1 Å². The molecule has 0 aliphatic carbocycles. The van der Waals surface area contributed by atoms with Gasteiger partial charge >= 0.3 is 5.97 Å². The summed E-state index contributed by atoms with van der Waals surface area (Å²) in [6.45, 7) is 9.94. The molecule has 0 saturated carbocycles. The molecule has 0 aromatic carbocycles. The number of unbranched alkanes of at least 4 members (excludes halogenated alkanes) is 2. The molecule has 0 aliphatic rings. The second kappa shape index (κ2) is 9.77. The predicted octanol–water partition coefficient (Wildman–Crippen LogP) is 4.04. The van der Waals surface area contributed by atoms with Crippen LogP contribution in [-0.2, 0) is 16.0 Å². The van der Waals surface area contributed by atoms with Crippen molar-refractivity contribution >= 4 is 22.4 Å². The maximum atomic E-state index is 11.4. The quantitative estimate of drug-likeness (QED) is 0.483. The van der Waals surface area contributed by atoms with Crippen molar-refractivity contribution < 1.29 is 9.53 Å². The molecule has 0 saturated heterocycles. The molecule has 1 aromatic heterocycles. The van der Waals surface area contributed by atoms with Crippen molar-refractivity contribution in [1.29, 1.82) is 0 Å². The number of thiazole rings is 1. The molecule has 0 aliphatic heterocycles. The van der Waals surface area contributed by atoms with E-state index in [-0.39, 0.29) is 5.97 Å². The van der Waals surface area contributed by atoms with Crippen molar-refractivity contribution in [2.24, 2.45) is 0 Å². The number of hydrogen-bond donors (Lipinski definition) is 0. The Kier molecular flexibility index (Phi) is 8.35. The molecule has 0 radical (unpaired) electrons. The topological polar surface area (TPSA) is 42.4 Å². The monoisotopic (exact) mass is 312 g/mol. The van der Waals surface area contributed by atoms with Crippen LogP contribution in [-0.4, -0.2) is 30.1 Å². The lowest BCUT2D eigenvalue weighted by Crippen LogP contribution is -2.31. The van der Waals surface area contributed by atoms with Crippen LogP contribution in [0.3, 0.4) is 0 Å². The molecule has 0 N–H and O–H groups in total. The van der Waals surface area contributed by atoms with E-state index in [0.29, 0.717) is 25.5 Å². The van der Waals surface area contributed by atoms with E-state index in [0.717, 1.165) is 17.4 Å². The van der Waals surface area contributed by atoms with Crippen molar-refractivity contribution in [1.82, 2.24) is 4.98 Å². The maximum Gasteiger partial charge on any atom is 0.306 e. The van der Waals surface area contributed by atoms with Gasteiger partial charge in [-0.3, -0.25) is 4.79 Å². The molecular formula is C16H28N2O2S. The maximum absolute atomic E-state index is 11.4. The van der Waals surface area contributed by atoms with Gasteiger partial charge in [-0.15, -0.1) is 11.3 Å². The lowest BCUT2D eigenvalue weighted by molar-refractivity contribution is -0.143. The number of esters is 1. The van der Waals surface area contributed by atoms with Crippen LogP contribution < -0.4 is 4.90 Å². The van der Waals surface area contributed by atoms with Crippen LogP contribution in [0.5, 0.6) is 0 Å². The Morgan fingerprint density at radius 2 is 2.14 bits per heavy atom. The van der Waals surface area contributed by atoms with Gasteiger partial charge in [0.15, 0.2) is 5.13 Å². The number of nitrogens with zero attached hydrogens (tertiary/aromatic N) is 2. The first-order valence-electron chi connectivity index (χ1n) is 7.95. The number of hydrogen-bond acceptors (Lipinski definition) is 5. The van der Waals surface area contributed by atoms with Gasteiger partial charge in [0.05, 0.1) is 18.7 Å². The molecule has 0 unspecified atom stereocenters. The third-order valence-corrected chi connectivity index (χ3v) is 4.23. The Balaban J connectivity index is 2.55. The van der Waals surface area contributed by atoms with Gasteiger partial charge in [-0.2, -0.15) is 0 Å². The Hall–Kier alpha value is -1.10. The zero-order valence-corrected chi connectivity index (χ0v) is 14.5. The molecule has 4 nitrogen and oxygen atoms in total.